The minimum absolute atomic E-state index is 0.152. The van der Waals surface area contributed by atoms with Crippen molar-refractivity contribution < 1.29 is 71.2 Å². The van der Waals surface area contributed by atoms with Crippen molar-refractivity contribution in [3.63, 3.8) is 0 Å². The molecule has 0 heterocycles. The summed E-state index contributed by atoms with van der Waals surface area (Å²) >= 11 is 4.08. The van der Waals surface area contributed by atoms with E-state index in [1.807, 2.05) is 0 Å². The molecule has 2 amide bonds. The van der Waals surface area contributed by atoms with Crippen molar-refractivity contribution in [1.82, 2.24) is 10.6 Å². The van der Waals surface area contributed by atoms with Gasteiger partial charge in [0.15, 0.2) is 0 Å². The molecular formula is C17H28F3N3O11S2. The van der Waals surface area contributed by atoms with Gasteiger partial charge in [0, 0.05) is 6.42 Å². The molecular weight excluding hydrogens is 543 g/mol. The monoisotopic (exact) mass is 571 g/mol. The summed E-state index contributed by atoms with van der Waals surface area (Å²) < 4.78 is 62.0. The van der Waals surface area contributed by atoms with E-state index in [1.165, 1.54) is 0 Å². The van der Waals surface area contributed by atoms with Gasteiger partial charge in [-0.15, -0.1) is 0 Å². The second-order valence-electron chi connectivity index (χ2n) is 7.43. The highest BCUT2D eigenvalue weighted by atomic mass is 32.2. The molecule has 36 heavy (non-hydrogen) atoms. The van der Waals surface area contributed by atoms with Gasteiger partial charge in [-0.2, -0.15) is 34.2 Å². The molecule has 14 nitrogen and oxygen atoms in total. The van der Waals surface area contributed by atoms with E-state index in [0.29, 0.717) is 6.42 Å². The Morgan fingerprint density at radius 2 is 1.56 bits per heavy atom. The average Bonchev–Trinajstić information content (AvgIpc) is 2.72. The fourth-order valence-corrected chi connectivity index (χ4v) is 3.07. The van der Waals surface area contributed by atoms with Gasteiger partial charge in [-0.25, -0.2) is 4.79 Å². The van der Waals surface area contributed by atoms with Crippen LogP contribution in [0.2, 0.25) is 0 Å². The molecule has 0 aliphatic heterocycles. The van der Waals surface area contributed by atoms with Crippen molar-refractivity contribution in [1.29, 1.82) is 0 Å². The maximum atomic E-state index is 12.5. The molecule has 5 atom stereocenters. The third-order valence-electron chi connectivity index (χ3n) is 4.48. The zero-order valence-corrected chi connectivity index (χ0v) is 20.7. The molecule has 0 aromatic carbocycles. The van der Waals surface area contributed by atoms with Crippen LogP contribution in [0.3, 0.4) is 0 Å². The molecule has 0 aliphatic rings. The maximum Gasteiger partial charge on any atom is 0.430 e. The standard InChI is InChI=1S/C15H27N3O9S2.C2HF3O2/c1-3-7(2)11(13(21)17-9(15(23)24)6-10(19)20)18-14(22)12(28)8(16)4-5-29(25,26)27;3-2(4,5)1(6)7/h7-9,11-12,28H,3-6,16H2,1-2H3,(H,17,21)(H,18,22)(H,19,20)(H,23,24)(H,25,26,27);(H,6,7)/t7-,8+,9-,11-,12-;/m0./s1. The maximum absolute atomic E-state index is 12.5. The Labute approximate surface area is 208 Å². The minimum Gasteiger partial charge on any atom is -0.542 e. The van der Waals surface area contributed by atoms with Crippen molar-refractivity contribution in [2.45, 2.75) is 62.7 Å². The van der Waals surface area contributed by atoms with Crippen molar-refractivity contribution in [2.75, 3.05) is 5.75 Å². The van der Waals surface area contributed by atoms with Crippen molar-refractivity contribution in [3.8, 4) is 0 Å². The third-order valence-corrected chi connectivity index (χ3v) is 5.89. The smallest absolute Gasteiger partial charge is 0.430 e. The van der Waals surface area contributed by atoms with Gasteiger partial charge < -0.3 is 36.5 Å². The first-order valence-corrected chi connectivity index (χ1v) is 12.1. The number of carboxylic acids is 3. The minimum atomic E-state index is -5.19. The predicted molar refractivity (Wildman–Crippen MR) is 115 cm³/mol. The van der Waals surface area contributed by atoms with E-state index in [-0.39, 0.29) is 6.42 Å². The Morgan fingerprint density at radius 1 is 1.08 bits per heavy atom. The highest BCUT2D eigenvalue weighted by Gasteiger charge is 2.34. The van der Waals surface area contributed by atoms with Crippen LogP contribution < -0.4 is 21.5 Å². The lowest BCUT2D eigenvalue weighted by Gasteiger charge is -2.26. The first-order valence-electron chi connectivity index (χ1n) is 9.93. The third kappa shape index (κ3) is 15.4. The number of carboxylic acid groups (broad SMARTS) is 3. The van der Waals surface area contributed by atoms with Gasteiger partial charge in [0.05, 0.1) is 12.2 Å². The predicted octanol–water partition coefficient (Wildman–Crippen LogP) is -2.95. The number of hydrogen-bond donors (Lipinski definition) is 7. The lowest BCUT2D eigenvalue weighted by atomic mass is 9.97. The first-order chi connectivity index (χ1) is 16.1. The van der Waals surface area contributed by atoms with Crippen LogP contribution >= 0.6 is 12.6 Å². The van der Waals surface area contributed by atoms with E-state index in [2.05, 4.69) is 29.0 Å². The first kappa shape index (κ1) is 35.5. The molecule has 0 aliphatic carbocycles. The van der Waals surface area contributed by atoms with Gasteiger partial charge in [0.2, 0.25) is 11.8 Å². The van der Waals surface area contributed by atoms with E-state index in [1.54, 1.807) is 13.8 Å². The quantitative estimate of drug-likeness (QED) is 0.0868. The Morgan fingerprint density at radius 3 is 1.89 bits per heavy atom. The molecule has 0 saturated carbocycles. The lowest BCUT2D eigenvalue weighted by Crippen LogP contribution is -2.68. The SMILES string of the molecule is CC[C@H](C)[C@H](NC(=O)[C@@H](S)[C@H]([NH3+])CCS(=O)(=O)O)C(=O)N[C@@H](CC(=O)O)C(=O)O.O=C([O-])C(F)(F)F. The van der Waals surface area contributed by atoms with Crippen LogP contribution in [0.25, 0.3) is 0 Å². The summed E-state index contributed by atoms with van der Waals surface area (Å²) in [5, 5.41) is 30.0. The second-order valence-corrected chi connectivity index (χ2v) is 9.56. The molecule has 0 aromatic rings. The van der Waals surface area contributed by atoms with Gasteiger partial charge >= 0.3 is 18.1 Å². The molecule has 0 unspecified atom stereocenters. The average molecular weight is 572 g/mol. The zero-order valence-electron chi connectivity index (χ0n) is 19.0. The Hall–Kier alpha value is -2.64. The van der Waals surface area contributed by atoms with Gasteiger partial charge in [-0.1, -0.05) is 20.3 Å². The molecule has 0 saturated heterocycles. The number of amides is 2. The molecule has 210 valence electrons. The molecule has 19 heteroatoms. The fourth-order valence-electron chi connectivity index (χ4n) is 2.25. The summed E-state index contributed by atoms with van der Waals surface area (Å²) in [5.41, 5.74) is 3.63. The molecule has 0 bridgehead atoms. The highest BCUT2D eigenvalue weighted by molar-refractivity contribution is 7.85. The van der Waals surface area contributed by atoms with Gasteiger partial charge in [0.25, 0.3) is 10.1 Å². The fraction of sp³-hybridized carbons (Fsp3) is 0.706. The van der Waals surface area contributed by atoms with Gasteiger partial charge in [0.1, 0.15) is 29.3 Å². The van der Waals surface area contributed by atoms with Crippen molar-refractivity contribution in [3.05, 3.63) is 0 Å². The lowest BCUT2D eigenvalue weighted by molar-refractivity contribution is -0.416. The van der Waals surface area contributed by atoms with Gasteiger partial charge in [-0.05, 0) is 5.92 Å². The number of nitrogens with one attached hydrogen (secondary N) is 2. The number of halogens is 3. The van der Waals surface area contributed by atoms with Gasteiger partial charge in [-0.3, -0.25) is 18.9 Å². The van der Waals surface area contributed by atoms with Crippen LogP contribution in [0.15, 0.2) is 0 Å². The number of carbonyl (C=O) groups is 5. The van der Waals surface area contributed by atoms with Crippen molar-refractivity contribution in [2.24, 2.45) is 5.92 Å². The zero-order chi connectivity index (χ0) is 29.0. The molecule has 0 aromatic heterocycles. The molecule has 0 fully saturated rings. The number of alkyl halides is 3. The van der Waals surface area contributed by atoms with E-state index < -0.39 is 87.5 Å². The summed E-state index contributed by atoms with van der Waals surface area (Å²) in [4.78, 5) is 55.6. The Balaban J connectivity index is 0. The van der Waals surface area contributed by atoms with E-state index in [9.17, 15) is 40.8 Å². The number of carbonyl (C=O) groups excluding carboxylic acids is 3. The summed E-state index contributed by atoms with van der Waals surface area (Å²) in [5.74, 6) is -8.63. The topological polar surface area (TPSA) is 255 Å². The summed E-state index contributed by atoms with van der Waals surface area (Å²) in [7, 11) is -4.24. The van der Waals surface area contributed by atoms with E-state index in [0.717, 1.165) is 0 Å². The number of thiol groups is 1. The van der Waals surface area contributed by atoms with E-state index >= 15 is 0 Å². The second kappa shape index (κ2) is 15.5. The Kier molecular flexibility index (Phi) is 15.3. The number of rotatable bonds is 13. The van der Waals surface area contributed by atoms with Crippen LogP contribution in [0, 0.1) is 5.92 Å². The number of quaternary nitrogens is 1. The van der Waals surface area contributed by atoms with Crippen LogP contribution in [0.1, 0.15) is 33.1 Å². The molecule has 0 spiro atoms. The summed E-state index contributed by atoms with van der Waals surface area (Å²) in [6.07, 6.45) is -5.75. The Bertz CT molecular complexity index is 900. The highest BCUT2D eigenvalue weighted by Crippen LogP contribution is 2.12. The van der Waals surface area contributed by atoms with Crippen LogP contribution in [0.5, 0.6) is 0 Å². The van der Waals surface area contributed by atoms with Crippen molar-refractivity contribution >= 4 is 52.5 Å². The molecule has 0 rings (SSSR count). The van der Waals surface area contributed by atoms with E-state index in [4.69, 9.17) is 24.7 Å². The van der Waals surface area contributed by atoms with Crippen LogP contribution in [-0.4, -0.2) is 88.2 Å². The summed E-state index contributed by atoms with van der Waals surface area (Å²) in [6.45, 7) is 3.36. The number of hydrogen-bond acceptors (Lipinski definition) is 9. The largest absolute Gasteiger partial charge is 0.542 e. The molecule has 0 radical (unpaired) electrons. The van der Waals surface area contributed by atoms with Crippen LogP contribution in [0.4, 0.5) is 13.2 Å². The molecule has 8 N–H and O–H groups in total. The normalized spacial score (nSPS) is 15.7. The summed E-state index contributed by atoms with van der Waals surface area (Å²) in [6, 6.07) is -3.66. The number of aliphatic carboxylic acids is 3. The van der Waals surface area contributed by atoms with Crippen LogP contribution in [-0.2, 0) is 34.1 Å².